The summed E-state index contributed by atoms with van der Waals surface area (Å²) in [5.41, 5.74) is 4.32. The van der Waals surface area contributed by atoms with Gasteiger partial charge in [0, 0.05) is 11.5 Å². The molecular formula is C17H24N2O3. The molecule has 2 rings (SSSR count). The number of rotatable bonds is 5. The molecule has 0 spiro atoms. The van der Waals surface area contributed by atoms with Crippen molar-refractivity contribution in [1.29, 1.82) is 0 Å². The first kappa shape index (κ1) is 16.3. The highest BCUT2D eigenvalue weighted by Crippen LogP contribution is 2.28. The Kier molecular flexibility index (Phi) is 5.81. The van der Waals surface area contributed by atoms with Crippen LogP contribution in [-0.4, -0.2) is 25.8 Å². The van der Waals surface area contributed by atoms with Crippen molar-refractivity contribution in [3.8, 4) is 11.5 Å². The van der Waals surface area contributed by atoms with E-state index >= 15 is 0 Å². The predicted octanol–water partition coefficient (Wildman–Crippen LogP) is 3.12. The first-order valence-corrected chi connectivity index (χ1v) is 7.72. The Labute approximate surface area is 131 Å². The molecule has 120 valence electrons. The molecule has 0 radical (unpaired) electrons. The van der Waals surface area contributed by atoms with E-state index in [-0.39, 0.29) is 11.8 Å². The second-order valence-corrected chi connectivity index (χ2v) is 5.58. The van der Waals surface area contributed by atoms with E-state index in [1.54, 1.807) is 14.2 Å². The molecule has 1 aromatic rings. The third-order valence-corrected chi connectivity index (χ3v) is 4.11. The van der Waals surface area contributed by atoms with Crippen molar-refractivity contribution < 1.29 is 14.3 Å². The molecular weight excluding hydrogens is 280 g/mol. The van der Waals surface area contributed by atoms with Gasteiger partial charge >= 0.3 is 0 Å². The highest BCUT2D eigenvalue weighted by atomic mass is 16.5. The van der Waals surface area contributed by atoms with Gasteiger partial charge < -0.3 is 9.47 Å². The summed E-state index contributed by atoms with van der Waals surface area (Å²) in [7, 11) is 3.20. The zero-order chi connectivity index (χ0) is 15.9. The molecule has 1 amide bonds. The molecule has 22 heavy (non-hydrogen) atoms. The van der Waals surface area contributed by atoms with Crippen LogP contribution < -0.4 is 14.9 Å². The molecule has 0 unspecified atom stereocenters. The molecule has 5 heteroatoms. The normalized spacial score (nSPS) is 16.2. The van der Waals surface area contributed by atoms with Gasteiger partial charge in [-0.25, -0.2) is 5.43 Å². The van der Waals surface area contributed by atoms with E-state index in [1.807, 2.05) is 25.1 Å². The fourth-order valence-corrected chi connectivity index (χ4v) is 2.72. The molecule has 1 N–H and O–H groups in total. The van der Waals surface area contributed by atoms with Crippen molar-refractivity contribution in [3.05, 3.63) is 23.8 Å². The van der Waals surface area contributed by atoms with Crippen molar-refractivity contribution in [2.24, 2.45) is 11.0 Å². The molecule has 0 aliphatic heterocycles. The van der Waals surface area contributed by atoms with Crippen molar-refractivity contribution in [1.82, 2.24) is 5.43 Å². The van der Waals surface area contributed by atoms with Gasteiger partial charge in [-0.05, 0) is 38.0 Å². The molecule has 1 fully saturated rings. The maximum Gasteiger partial charge on any atom is 0.243 e. The summed E-state index contributed by atoms with van der Waals surface area (Å²) in [6, 6.07) is 5.58. The van der Waals surface area contributed by atoms with Gasteiger partial charge in [0.1, 0.15) is 0 Å². The van der Waals surface area contributed by atoms with Crippen molar-refractivity contribution in [2.75, 3.05) is 14.2 Å². The number of benzene rings is 1. The second kappa shape index (κ2) is 7.82. The quantitative estimate of drug-likeness (QED) is 0.671. The Balaban J connectivity index is 2.03. The van der Waals surface area contributed by atoms with Gasteiger partial charge in [0.05, 0.1) is 19.9 Å². The average molecular weight is 304 g/mol. The van der Waals surface area contributed by atoms with E-state index in [1.165, 1.54) is 6.42 Å². The van der Waals surface area contributed by atoms with Crippen LogP contribution in [0, 0.1) is 5.92 Å². The molecule has 1 aliphatic rings. The standard InChI is InChI=1S/C17H24N2O3/c1-12(14-9-10-15(21-2)16(11-14)22-3)18-19-17(20)13-7-5-4-6-8-13/h9-11,13H,4-8H2,1-3H3,(H,19,20). The van der Waals surface area contributed by atoms with Gasteiger partial charge in [0.25, 0.3) is 0 Å². The van der Waals surface area contributed by atoms with Gasteiger partial charge in [-0.15, -0.1) is 0 Å². The Morgan fingerprint density at radius 1 is 1.14 bits per heavy atom. The molecule has 0 bridgehead atoms. The van der Waals surface area contributed by atoms with Gasteiger partial charge in [-0.3, -0.25) is 4.79 Å². The van der Waals surface area contributed by atoms with Crippen molar-refractivity contribution in [3.63, 3.8) is 0 Å². The number of nitrogens with one attached hydrogen (secondary N) is 1. The van der Waals surface area contributed by atoms with E-state index in [4.69, 9.17) is 9.47 Å². The molecule has 1 aliphatic carbocycles. The van der Waals surface area contributed by atoms with Crippen LogP contribution >= 0.6 is 0 Å². The lowest BCUT2D eigenvalue weighted by atomic mass is 9.89. The summed E-state index contributed by atoms with van der Waals surface area (Å²) in [6.45, 7) is 1.86. The molecule has 0 heterocycles. The number of methoxy groups -OCH3 is 2. The lowest BCUT2D eigenvalue weighted by Gasteiger charge is -2.19. The zero-order valence-corrected chi connectivity index (χ0v) is 13.5. The number of carbonyl (C=O) groups is 1. The minimum Gasteiger partial charge on any atom is -0.493 e. The lowest BCUT2D eigenvalue weighted by Crippen LogP contribution is -2.29. The van der Waals surface area contributed by atoms with Crippen LogP contribution in [-0.2, 0) is 4.79 Å². The largest absolute Gasteiger partial charge is 0.493 e. The minimum absolute atomic E-state index is 0.0273. The first-order valence-electron chi connectivity index (χ1n) is 7.72. The van der Waals surface area contributed by atoms with Crippen LogP contribution in [0.2, 0.25) is 0 Å². The summed E-state index contributed by atoms with van der Waals surface area (Å²) in [6.07, 6.45) is 5.44. The monoisotopic (exact) mass is 304 g/mol. The number of amides is 1. The smallest absolute Gasteiger partial charge is 0.243 e. The van der Waals surface area contributed by atoms with Crippen LogP contribution in [0.1, 0.15) is 44.6 Å². The lowest BCUT2D eigenvalue weighted by molar-refractivity contribution is -0.125. The van der Waals surface area contributed by atoms with Gasteiger partial charge in [0.2, 0.25) is 5.91 Å². The molecule has 0 atom stereocenters. The zero-order valence-electron chi connectivity index (χ0n) is 13.5. The summed E-state index contributed by atoms with van der Waals surface area (Å²) in [4.78, 5) is 12.1. The number of nitrogens with zero attached hydrogens (tertiary/aromatic N) is 1. The van der Waals surface area contributed by atoms with Crippen LogP contribution in [0.15, 0.2) is 23.3 Å². The summed E-state index contributed by atoms with van der Waals surface area (Å²) in [5.74, 6) is 1.45. The molecule has 1 aromatic carbocycles. The minimum atomic E-state index is 0.0273. The van der Waals surface area contributed by atoms with Crippen LogP contribution in [0.4, 0.5) is 0 Å². The van der Waals surface area contributed by atoms with E-state index in [9.17, 15) is 4.79 Å². The molecule has 5 nitrogen and oxygen atoms in total. The SMILES string of the molecule is COc1ccc(C(C)=NNC(=O)C2CCCCC2)cc1OC. The van der Waals surface area contributed by atoms with Gasteiger partial charge in [-0.2, -0.15) is 5.10 Å². The molecule has 0 saturated heterocycles. The molecule has 1 saturated carbocycles. The summed E-state index contributed by atoms with van der Waals surface area (Å²) in [5, 5.41) is 4.22. The fraction of sp³-hybridized carbons (Fsp3) is 0.529. The van der Waals surface area contributed by atoms with Gasteiger partial charge in [0.15, 0.2) is 11.5 Å². The number of hydrogen-bond donors (Lipinski definition) is 1. The maximum absolute atomic E-state index is 12.1. The number of ether oxygens (including phenoxy) is 2. The predicted molar refractivity (Wildman–Crippen MR) is 86.5 cm³/mol. The van der Waals surface area contributed by atoms with E-state index in [2.05, 4.69) is 10.5 Å². The maximum atomic E-state index is 12.1. The fourth-order valence-electron chi connectivity index (χ4n) is 2.72. The number of carbonyl (C=O) groups excluding carboxylic acids is 1. The van der Waals surface area contributed by atoms with Crippen LogP contribution in [0.5, 0.6) is 11.5 Å². The number of hydrogen-bond acceptors (Lipinski definition) is 4. The Hall–Kier alpha value is -2.04. The Morgan fingerprint density at radius 3 is 2.45 bits per heavy atom. The van der Waals surface area contributed by atoms with Crippen LogP contribution in [0.25, 0.3) is 0 Å². The topological polar surface area (TPSA) is 59.9 Å². The van der Waals surface area contributed by atoms with E-state index < -0.39 is 0 Å². The Bertz CT molecular complexity index is 549. The van der Waals surface area contributed by atoms with Crippen LogP contribution in [0.3, 0.4) is 0 Å². The Morgan fingerprint density at radius 2 is 1.82 bits per heavy atom. The highest BCUT2D eigenvalue weighted by molar-refractivity contribution is 5.99. The van der Waals surface area contributed by atoms with Gasteiger partial charge in [-0.1, -0.05) is 19.3 Å². The first-order chi connectivity index (χ1) is 10.7. The highest BCUT2D eigenvalue weighted by Gasteiger charge is 2.20. The third kappa shape index (κ3) is 4.00. The van der Waals surface area contributed by atoms with E-state index in [0.29, 0.717) is 11.5 Å². The number of hydrazone groups is 1. The second-order valence-electron chi connectivity index (χ2n) is 5.58. The molecule has 0 aromatic heterocycles. The summed E-state index contributed by atoms with van der Waals surface area (Å²) < 4.78 is 10.5. The summed E-state index contributed by atoms with van der Waals surface area (Å²) >= 11 is 0. The average Bonchev–Trinajstić information content (AvgIpc) is 2.59. The van der Waals surface area contributed by atoms with Crippen molar-refractivity contribution >= 4 is 11.6 Å². The van der Waals surface area contributed by atoms with Crippen molar-refractivity contribution in [2.45, 2.75) is 39.0 Å². The van der Waals surface area contributed by atoms with E-state index in [0.717, 1.165) is 37.0 Å². The third-order valence-electron chi connectivity index (χ3n) is 4.11.